The molecule has 1 fully saturated rings. The summed E-state index contributed by atoms with van der Waals surface area (Å²) in [7, 11) is 0. The van der Waals surface area contributed by atoms with Crippen molar-refractivity contribution in [2.75, 3.05) is 26.2 Å². The Kier molecular flexibility index (Phi) is 3.93. The first kappa shape index (κ1) is 13.0. The number of aryl methyl sites for hydroxylation is 1. The summed E-state index contributed by atoms with van der Waals surface area (Å²) in [5.41, 5.74) is 6.50. The van der Waals surface area contributed by atoms with Crippen molar-refractivity contribution in [2.24, 2.45) is 5.73 Å². The van der Waals surface area contributed by atoms with Crippen LogP contribution in [0, 0.1) is 12.7 Å². The van der Waals surface area contributed by atoms with Crippen molar-refractivity contribution < 1.29 is 13.9 Å². The van der Waals surface area contributed by atoms with Gasteiger partial charge in [0.2, 0.25) is 0 Å². The van der Waals surface area contributed by atoms with E-state index in [0.29, 0.717) is 26.2 Å². The smallest absolute Gasteiger partial charge is 0.257 e. The number of carbonyl (C=O) groups is 1. The summed E-state index contributed by atoms with van der Waals surface area (Å²) in [6, 6.07) is 4.54. The molecule has 5 heteroatoms. The number of rotatable bonds is 2. The van der Waals surface area contributed by atoms with E-state index in [4.69, 9.17) is 10.5 Å². The third kappa shape index (κ3) is 2.68. The third-order valence-corrected chi connectivity index (χ3v) is 3.04. The van der Waals surface area contributed by atoms with Gasteiger partial charge >= 0.3 is 0 Å². The van der Waals surface area contributed by atoms with Gasteiger partial charge in [0.15, 0.2) is 0 Å². The summed E-state index contributed by atoms with van der Waals surface area (Å²) in [6.45, 7) is 3.53. The highest BCUT2D eigenvalue weighted by Crippen LogP contribution is 2.15. The monoisotopic (exact) mass is 252 g/mol. The van der Waals surface area contributed by atoms with Gasteiger partial charge in [-0.25, -0.2) is 4.39 Å². The molecule has 0 saturated carbocycles. The maximum atomic E-state index is 13.7. The molecule has 2 rings (SSSR count). The first-order chi connectivity index (χ1) is 8.61. The van der Waals surface area contributed by atoms with Crippen LogP contribution in [0.1, 0.15) is 15.9 Å². The van der Waals surface area contributed by atoms with Crippen molar-refractivity contribution in [1.82, 2.24) is 4.90 Å². The van der Waals surface area contributed by atoms with Crippen LogP contribution in [-0.4, -0.2) is 43.2 Å². The SMILES string of the molecule is Cc1ccc(F)c(C(=O)N2CCO[C@H](CN)C2)c1. The maximum Gasteiger partial charge on any atom is 0.257 e. The van der Waals surface area contributed by atoms with Crippen molar-refractivity contribution in [3.8, 4) is 0 Å². The molecular formula is C13H17FN2O2. The van der Waals surface area contributed by atoms with Crippen LogP contribution in [0.5, 0.6) is 0 Å². The highest BCUT2D eigenvalue weighted by Gasteiger charge is 2.25. The quantitative estimate of drug-likeness (QED) is 0.852. The van der Waals surface area contributed by atoms with E-state index in [-0.39, 0.29) is 17.6 Å². The summed E-state index contributed by atoms with van der Waals surface area (Å²) in [4.78, 5) is 13.8. The molecule has 2 N–H and O–H groups in total. The molecule has 1 aliphatic rings. The van der Waals surface area contributed by atoms with Crippen LogP contribution >= 0.6 is 0 Å². The predicted molar refractivity (Wildman–Crippen MR) is 65.8 cm³/mol. The minimum absolute atomic E-state index is 0.118. The van der Waals surface area contributed by atoms with Gasteiger partial charge in [0.25, 0.3) is 5.91 Å². The molecule has 0 aliphatic carbocycles. The van der Waals surface area contributed by atoms with E-state index in [1.807, 2.05) is 6.92 Å². The van der Waals surface area contributed by atoms with E-state index in [1.165, 1.54) is 6.07 Å². The number of hydrogen-bond acceptors (Lipinski definition) is 3. The van der Waals surface area contributed by atoms with Gasteiger partial charge < -0.3 is 15.4 Å². The van der Waals surface area contributed by atoms with Crippen LogP contribution in [-0.2, 0) is 4.74 Å². The summed E-state index contributed by atoms with van der Waals surface area (Å²) >= 11 is 0. The zero-order chi connectivity index (χ0) is 13.1. The molecule has 1 heterocycles. The van der Waals surface area contributed by atoms with E-state index in [0.717, 1.165) is 5.56 Å². The minimum Gasteiger partial charge on any atom is -0.373 e. The van der Waals surface area contributed by atoms with Crippen LogP contribution < -0.4 is 5.73 Å². The maximum absolute atomic E-state index is 13.7. The number of hydrogen-bond donors (Lipinski definition) is 1. The van der Waals surface area contributed by atoms with Crippen LogP contribution in [0.2, 0.25) is 0 Å². The molecule has 1 aromatic rings. The highest BCUT2D eigenvalue weighted by molar-refractivity contribution is 5.94. The second kappa shape index (κ2) is 5.46. The Morgan fingerprint density at radius 3 is 3.11 bits per heavy atom. The summed E-state index contributed by atoms with van der Waals surface area (Å²) in [5, 5.41) is 0. The second-order valence-electron chi connectivity index (χ2n) is 4.46. The molecule has 1 saturated heterocycles. The molecule has 1 atom stereocenters. The van der Waals surface area contributed by atoms with Crippen molar-refractivity contribution in [2.45, 2.75) is 13.0 Å². The van der Waals surface area contributed by atoms with Gasteiger partial charge in [-0.2, -0.15) is 0 Å². The lowest BCUT2D eigenvalue weighted by atomic mass is 10.1. The van der Waals surface area contributed by atoms with Crippen LogP contribution in [0.15, 0.2) is 18.2 Å². The zero-order valence-corrected chi connectivity index (χ0v) is 10.4. The molecular weight excluding hydrogens is 235 g/mol. The Morgan fingerprint density at radius 2 is 2.39 bits per heavy atom. The van der Waals surface area contributed by atoms with Crippen LogP contribution in [0.3, 0.4) is 0 Å². The van der Waals surface area contributed by atoms with E-state index < -0.39 is 5.82 Å². The third-order valence-electron chi connectivity index (χ3n) is 3.04. The number of carbonyl (C=O) groups excluding carboxylic acids is 1. The first-order valence-corrected chi connectivity index (χ1v) is 5.99. The van der Waals surface area contributed by atoms with Gasteiger partial charge in [-0.3, -0.25) is 4.79 Å². The largest absolute Gasteiger partial charge is 0.373 e. The topological polar surface area (TPSA) is 55.6 Å². The predicted octanol–water partition coefficient (Wildman–Crippen LogP) is 0.934. The van der Waals surface area contributed by atoms with Crippen LogP contribution in [0.4, 0.5) is 4.39 Å². The minimum atomic E-state index is -0.485. The van der Waals surface area contributed by atoms with Gasteiger partial charge in [-0.1, -0.05) is 11.6 Å². The number of amides is 1. The molecule has 1 amide bonds. The van der Waals surface area contributed by atoms with Crippen molar-refractivity contribution in [1.29, 1.82) is 0 Å². The number of nitrogens with zero attached hydrogens (tertiary/aromatic N) is 1. The molecule has 0 unspecified atom stereocenters. The molecule has 1 aromatic carbocycles. The van der Waals surface area contributed by atoms with Gasteiger partial charge in [0.05, 0.1) is 18.3 Å². The van der Waals surface area contributed by atoms with E-state index in [2.05, 4.69) is 0 Å². The van der Waals surface area contributed by atoms with Crippen molar-refractivity contribution in [3.05, 3.63) is 35.1 Å². The molecule has 0 aromatic heterocycles. The Hall–Kier alpha value is -1.46. The van der Waals surface area contributed by atoms with Crippen molar-refractivity contribution in [3.63, 3.8) is 0 Å². The van der Waals surface area contributed by atoms with Gasteiger partial charge in [0, 0.05) is 19.6 Å². The van der Waals surface area contributed by atoms with E-state index >= 15 is 0 Å². The molecule has 18 heavy (non-hydrogen) atoms. The lowest BCUT2D eigenvalue weighted by Crippen LogP contribution is -2.48. The van der Waals surface area contributed by atoms with Gasteiger partial charge in [0.1, 0.15) is 5.82 Å². The molecule has 98 valence electrons. The Labute approximate surface area is 106 Å². The number of nitrogens with two attached hydrogens (primary N) is 1. The average Bonchev–Trinajstić information content (AvgIpc) is 2.41. The van der Waals surface area contributed by atoms with E-state index in [1.54, 1.807) is 17.0 Å². The lowest BCUT2D eigenvalue weighted by Gasteiger charge is -2.32. The molecule has 0 radical (unpaired) electrons. The molecule has 0 spiro atoms. The lowest BCUT2D eigenvalue weighted by molar-refractivity contribution is -0.0169. The van der Waals surface area contributed by atoms with Gasteiger partial charge in [-0.05, 0) is 19.1 Å². The fourth-order valence-corrected chi connectivity index (χ4v) is 2.02. The average molecular weight is 252 g/mol. The molecule has 0 bridgehead atoms. The van der Waals surface area contributed by atoms with E-state index in [9.17, 15) is 9.18 Å². The zero-order valence-electron chi connectivity index (χ0n) is 10.4. The fraction of sp³-hybridized carbons (Fsp3) is 0.462. The Balaban J connectivity index is 2.17. The normalized spacial score (nSPS) is 19.9. The second-order valence-corrected chi connectivity index (χ2v) is 4.46. The Morgan fingerprint density at radius 1 is 1.61 bits per heavy atom. The molecule has 1 aliphatic heterocycles. The number of benzene rings is 1. The fourth-order valence-electron chi connectivity index (χ4n) is 2.02. The molecule has 4 nitrogen and oxygen atoms in total. The number of halogens is 1. The standard InChI is InChI=1S/C13H17FN2O2/c1-9-2-3-12(14)11(6-9)13(17)16-4-5-18-10(7-15)8-16/h2-3,6,10H,4-5,7-8,15H2,1H3/t10-/m1/s1. The van der Waals surface area contributed by atoms with Crippen LogP contribution in [0.25, 0.3) is 0 Å². The summed E-state index contributed by atoms with van der Waals surface area (Å²) < 4.78 is 19.0. The number of morpholine rings is 1. The first-order valence-electron chi connectivity index (χ1n) is 5.99. The highest BCUT2D eigenvalue weighted by atomic mass is 19.1. The van der Waals surface area contributed by atoms with Crippen molar-refractivity contribution >= 4 is 5.91 Å². The Bertz CT molecular complexity index is 451. The van der Waals surface area contributed by atoms with Gasteiger partial charge in [-0.15, -0.1) is 0 Å². The summed E-state index contributed by atoms with van der Waals surface area (Å²) in [6.07, 6.45) is -0.157. The number of ether oxygens (including phenoxy) is 1. The summed E-state index contributed by atoms with van der Waals surface area (Å²) in [5.74, 6) is -0.778.